The number of rotatable bonds is 4. The van der Waals surface area contributed by atoms with Gasteiger partial charge in [-0.15, -0.1) is 0 Å². The van der Waals surface area contributed by atoms with E-state index in [1.54, 1.807) is 0 Å². The molecular formula is C21H18O2. The summed E-state index contributed by atoms with van der Waals surface area (Å²) in [6, 6.07) is 25.5. The zero-order valence-corrected chi connectivity index (χ0v) is 13.0. The Hall–Kier alpha value is -2.87. The predicted octanol–water partition coefficient (Wildman–Crippen LogP) is 5.02. The molecule has 23 heavy (non-hydrogen) atoms. The minimum Gasteiger partial charge on any atom is -0.457 e. The average Bonchev–Trinajstić information content (AvgIpc) is 2.61. The molecule has 3 rings (SSSR count). The Labute approximate surface area is 136 Å². The number of hydrogen-bond donors (Lipinski definition) is 0. The third-order valence-electron chi connectivity index (χ3n) is 3.77. The third-order valence-corrected chi connectivity index (χ3v) is 3.77. The minimum absolute atomic E-state index is 0.280. The molecule has 0 radical (unpaired) electrons. The van der Waals surface area contributed by atoms with Gasteiger partial charge in [0.15, 0.2) is 0 Å². The highest BCUT2D eigenvalue weighted by molar-refractivity contribution is 5.98. The lowest BCUT2D eigenvalue weighted by Gasteiger charge is -2.12. The van der Waals surface area contributed by atoms with E-state index >= 15 is 0 Å². The summed E-state index contributed by atoms with van der Waals surface area (Å²) in [5.41, 5.74) is 4.46. The Bertz CT molecular complexity index is 793. The molecule has 3 aromatic rings. The van der Waals surface area contributed by atoms with Gasteiger partial charge in [0.2, 0.25) is 0 Å². The molecule has 0 aliphatic heterocycles. The lowest BCUT2D eigenvalue weighted by molar-refractivity contribution is 0.0473. The molecule has 0 spiro atoms. The number of carbonyl (C=O) groups excluding carboxylic acids is 1. The zero-order valence-electron chi connectivity index (χ0n) is 13.0. The molecule has 0 unspecified atom stereocenters. The molecule has 2 heteroatoms. The molecule has 0 bridgehead atoms. The number of benzene rings is 3. The summed E-state index contributed by atoms with van der Waals surface area (Å²) in [5.74, 6) is -0.286. The van der Waals surface area contributed by atoms with Crippen LogP contribution in [0.25, 0.3) is 11.1 Å². The molecule has 3 aromatic carbocycles. The Balaban J connectivity index is 1.88. The third kappa shape index (κ3) is 3.49. The van der Waals surface area contributed by atoms with Crippen LogP contribution in [0.3, 0.4) is 0 Å². The van der Waals surface area contributed by atoms with Crippen LogP contribution in [0.1, 0.15) is 21.5 Å². The first-order valence-electron chi connectivity index (χ1n) is 7.62. The van der Waals surface area contributed by atoms with Crippen molar-refractivity contribution in [2.24, 2.45) is 0 Å². The van der Waals surface area contributed by atoms with Crippen LogP contribution < -0.4 is 0 Å². The van der Waals surface area contributed by atoms with Gasteiger partial charge >= 0.3 is 5.97 Å². The Morgan fingerprint density at radius 1 is 0.826 bits per heavy atom. The van der Waals surface area contributed by atoms with Crippen molar-refractivity contribution in [3.05, 3.63) is 95.6 Å². The van der Waals surface area contributed by atoms with Crippen LogP contribution in [-0.2, 0) is 11.3 Å². The number of esters is 1. The first kappa shape index (κ1) is 15.0. The molecule has 0 atom stereocenters. The van der Waals surface area contributed by atoms with E-state index in [9.17, 15) is 4.79 Å². The summed E-state index contributed by atoms with van der Waals surface area (Å²) in [6.45, 7) is 2.22. The van der Waals surface area contributed by atoms with Crippen LogP contribution in [0.4, 0.5) is 0 Å². The van der Waals surface area contributed by atoms with Crippen molar-refractivity contribution >= 4 is 5.97 Å². The van der Waals surface area contributed by atoms with Gasteiger partial charge in [0.25, 0.3) is 0 Å². The summed E-state index contributed by atoms with van der Waals surface area (Å²) in [7, 11) is 0. The highest BCUT2D eigenvalue weighted by atomic mass is 16.5. The fourth-order valence-electron chi connectivity index (χ4n) is 2.59. The van der Waals surface area contributed by atoms with Crippen molar-refractivity contribution < 1.29 is 9.53 Å². The first-order chi connectivity index (χ1) is 11.3. The second kappa shape index (κ2) is 6.93. The van der Waals surface area contributed by atoms with E-state index in [0.29, 0.717) is 5.56 Å². The molecule has 114 valence electrons. The fraction of sp³-hybridized carbons (Fsp3) is 0.0952. The van der Waals surface area contributed by atoms with E-state index in [0.717, 1.165) is 22.3 Å². The second-order valence-corrected chi connectivity index (χ2v) is 5.43. The highest BCUT2D eigenvalue weighted by Gasteiger charge is 2.16. The van der Waals surface area contributed by atoms with E-state index in [4.69, 9.17) is 4.74 Å². The molecule has 0 aliphatic carbocycles. The van der Waals surface area contributed by atoms with Gasteiger partial charge in [-0.25, -0.2) is 4.79 Å². The lowest BCUT2D eigenvalue weighted by atomic mass is 9.96. The van der Waals surface area contributed by atoms with Crippen LogP contribution in [0, 0.1) is 6.92 Å². The molecule has 0 aliphatic rings. The molecule has 0 saturated heterocycles. The number of hydrogen-bond acceptors (Lipinski definition) is 2. The maximum absolute atomic E-state index is 12.6. The summed E-state index contributed by atoms with van der Waals surface area (Å²) in [4.78, 5) is 12.6. The van der Waals surface area contributed by atoms with Crippen LogP contribution in [-0.4, -0.2) is 5.97 Å². The quantitative estimate of drug-likeness (QED) is 0.633. The van der Waals surface area contributed by atoms with Gasteiger partial charge in [0.1, 0.15) is 6.61 Å². The Morgan fingerprint density at radius 2 is 1.48 bits per heavy atom. The number of carbonyl (C=O) groups is 1. The van der Waals surface area contributed by atoms with Gasteiger partial charge in [-0.1, -0.05) is 78.9 Å². The van der Waals surface area contributed by atoms with Crippen molar-refractivity contribution in [2.45, 2.75) is 13.5 Å². The predicted molar refractivity (Wildman–Crippen MR) is 92.2 cm³/mol. The maximum atomic E-state index is 12.6. The monoisotopic (exact) mass is 302 g/mol. The summed E-state index contributed by atoms with van der Waals surface area (Å²) >= 11 is 0. The van der Waals surface area contributed by atoms with Crippen molar-refractivity contribution in [1.29, 1.82) is 0 Å². The second-order valence-electron chi connectivity index (χ2n) is 5.43. The molecule has 2 nitrogen and oxygen atoms in total. The minimum atomic E-state index is -0.286. The smallest absolute Gasteiger partial charge is 0.339 e. The summed E-state index contributed by atoms with van der Waals surface area (Å²) in [6.07, 6.45) is 0. The SMILES string of the molecule is Cc1cccc(-c2ccccc2)c1C(=O)OCc1ccccc1. The van der Waals surface area contributed by atoms with E-state index in [1.165, 1.54) is 0 Å². The normalized spacial score (nSPS) is 10.3. The van der Waals surface area contributed by atoms with Crippen LogP contribution in [0.15, 0.2) is 78.9 Å². The van der Waals surface area contributed by atoms with Gasteiger partial charge in [-0.2, -0.15) is 0 Å². The van der Waals surface area contributed by atoms with Crippen molar-refractivity contribution in [3.63, 3.8) is 0 Å². The van der Waals surface area contributed by atoms with Crippen LogP contribution in [0.2, 0.25) is 0 Å². The Kier molecular flexibility index (Phi) is 4.53. The molecule has 0 N–H and O–H groups in total. The van der Waals surface area contributed by atoms with Gasteiger partial charge < -0.3 is 4.74 Å². The van der Waals surface area contributed by atoms with E-state index in [1.807, 2.05) is 85.8 Å². The summed E-state index contributed by atoms with van der Waals surface area (Å²) < 4.78 is 5.52. The van der Waals surface area contributed by atoms with Crippen LogP contribution >= 0.6 is 0 Å². The topological polar surface area (TPSA) is 26.3 Å². The van der Waals surface area contributed by atoms with Crippen molar-refractivity contribution in [1.82, 2.24) is 0 Å². The molecular weight excluding hydrogens is 284 g/mol. The standard InChI is InChI=1S/C21H18O2/c1-16-9-8-14-19(18-12-6-3-7-13-18)20(16)21(22)23-15-17-10-4-2-5-11-17/h2-14H,15H2,1H3. The molecule has 0 heterocycles. The van der Waals surface area contributed by atoms with Crippen molar-refractivity contribution in [3.8, 4) is 11.1 Å². The molecule has 0 aromatic heterocycles. The first-order valence-corrected chi connectivity index (χ1v) is 7.62. The molecule has 0 saturated carbocycles. The Morgan fingerprint density at radius 3 is 2.17 bits per heavy atom. The van der Waals surface area contributed by atoms with Crippen LogP contribution in [0.5, 0.6) is 0 Å². The lowest BCUT2D eigenvalue weighted by Crippen LogP contribution is -2.09. The van der Waals surface area contributed by atoms with Gasteiger partial charge in [0, 0.05) is 0 Å². The highest BCUT2D eigenvalue weighted by Crippen LogP contribution is 2.27. The van der Waals surface area contributed by atoms with E-state index in [2.05, 4.69) is 0 Å². The van der Waals surface area contributed by atoms with Gasteiger partial charge in [-0.3, -0.25) is 0 Å². The average molecular weight is 302 g/mol. The van der Waals surface area contributed by atoms with Gasteiger partial charge in [0.05, 0.1) is 5.56 Å². The summed E-state index contributed by atoms with van der Waals surface area (Å²) in [5, 5.41) is 0. The maximum Gasteiger partial charge on any atom is 0.339 e. The number of aryl methyl sites for hydroxylation is 1. The van der Waals surface area contributed by atoms with Gasteiger partial charge in [-0.05, 0) is 29.2 Å². The van der Waals surface area contributed by atoms with Crippen molar-refractivity contribution in [2.75, 3.05) is 0 Å². The van der Waals surface area contributed by atoms with E-state index < -0.39 is 0 Å². The largest absolute Gasteiger partial charge is 0.457 e. The van der Waals surface area contributed by atoms with E-state index in [-0.39, 0.29) is 12.6 Å². The number of ether oxygens (including phenoxy) is 1. The molecule has 0 amide bonds. The fourth-order valence-corrected chi connectivity index (χ4v) is 2.59. The zero-order chi connectivity index (χ0) is 16.1. The molecule has 0 fully saturated rings.